The van der Waals surface area contributed by atoms with E-state index in [0.717, 1.165) is 12.3 Å². The molecule has 0 saturated heterocycles. The molecule has 0 unspecified atom stereocenters. The van der Waals surface area contributed by atoms with Gasteiger partial charge in [-0.25, -0.2) is 8.42 Å². The number of hydrogen-bond acceptors (Lipinski definition) is 7. The number of nitrogens with one attached hydrogen (secondary N) is 2. The molecular formula is C22H18F3N5O4S. The first-order valence-corrected chi connectivity index (χ1v) is 11.6. The van der Waals surface area contributed by atoms with Crippen LogP contribution >= 0.6 is 0 Å². The van der Waals surface area contributed by atoms with Gasteiger partial charge in [-0.2, -0.15) is 17.9 Å². The Morgan fingerprint density at radius 2 is 1.89 bits per heavy atom. The van der Waals surface area contributed by atoms with Crippen LogP contribution in [0.1, 0.15) is 18.2 Å². The van der Waals surface area contributed by atoms with E-state index in [1.807, 2.05) is 0 Å². The Balaban J connectivity index is 1.39. The number of hydrogen-bond donors (Lipinski definition) is 2. The number of aromatic nitrogens is 3. The molecule has 0 fully saturated rings. The summed E-state index contributed by atoms with van der Waals surface area (Å²) in [6, 6.07) is 7.02. The molecular weight excluding hydrogens is 487 g/mol. The van der Waals surface area contributed by atoms with E-state index >= 15 is 0 Å². The molecule has 0 saturated carbocycles. The van der Waals surface area contributed by atoms with Crippen LogP contribution in [0.15, 0.2) is 70.7 Å². The van der Waals surface area contributed by atoms with Crippen LogP contribution in [-0.2, 0) is 27.5 Å². The average Bonchev–Trinajstić information content (AvgIpc) is 3.27. The molecule has 0 radical (unpaired) electrons. The van der Waals surface area contributed by atoms with Crippen LogP contribution in [0.4, 0.5) is 13.2 Å². The second kappa shape index (κ2) is 9.43. The molecule has 4 heterocycles. The Kier molecular flexibility index (Phi) is 6.54. The van der Waals surface area contributed by atoms with E-state index in [0.29, 0.717) is 27.8 Å². The topological polar surface area (TPSA) is 127 Å². The fraction of sp³-hybridized carbons (Fsp3) is 0.182. The number of sulfonamides is 1. The van der Waals surface area contributed by atoms with Gasteiger partial charge in [0, 0.05) is 48.3 Å². The van der Waals surface area contributed by atoms with E-state index < -0.39 is 33.8 Å². The molecule has 0 aromatic carbocycles. The summed E-state index contributed by atoms with van der Waals surface area (Å²) in [7, 11) is -4.11. The minimum Gasteiger partial charge on any atom is -0.443 e. The van der Waals surface area contributed by atoms with Crippen LogP contribution in [0.2, 0.25) is 0 Å². The zero-order valence-corrected chi connectivity index (χ0v) is 18.9. The summed E-state index contributed by atoms with van der Waals surface area (Å²) in [5.74, 6) is -0.596. The minimum absolute atomic E-state index is 0.0325. The lowest BCUT2D eigenvalue weighted by Crippen LogP contribution is -2.44. The van der Waals surface area contributed by atoms with Crippen LogP contribution in [0.25, 0.3) is 22.2 Å². The van der Waals surface area contributed by atoms with Gasteiger partial charge in [-0.15, -0.1) is 0 Å². The summed E-state index contributed by atoms with van der Waals surface area (Å²) in [5, 5.41) is 2.77. The van der Waals surface area contributed by atoms with Gasteiger partial charge in [0.25, 0.3) is 10.0 Å². The van der Waals surface area contributed by atoms with Crippen molar-refractivity contribution in [3.05, 3.63) is 72.4 Å². The maximum Gasteiger partial charge on any atom is 0.433 e. The maximum atomic E-state index is 12.7. The smallest absolute Gasteiger partial charge is 0.433 e. The number of carbonyl (C=O) groups is 1. The van der Waals surface area contributed by atoms with Crippen molar-refractivity contribution in [1.82, 2.24) is 25.0 Å². The number of nitrogens with zero attached hydrogens (tertiary/aromatic N) is 3. The number of rotatable bonds is 7. The predicted molar refractivity (Wildman–Crippen MR) is 118 cm³/mol. The van der Waals surface area contributed by atoms with Crippen molar-refractivity contribution in [2.24, 2.45) is 0 Å². The molecule has 4 aromatic rings. The quantitative estimate of drug-likeness (QED) is 0.395. The minimum atomic E-state index is -4.54. The molecule has 1 amide bonds. The lowest BCUT2D eigenvalue weighted by atomic mass is 10.1. The van der Waals surface area contributed by atoms with Crippen LogP contribution in [0.5, 0.6) is 0 Å². The molecule has 0 aliphatic heterocycles. The lowest BCUT2D eigenvalue weighted by Gasteiger charge is -2.14. The van der Waals surface area contributed by atoms with Crippen LogP contribution in [0, 0.1) is 0 Å². The standard InChI is InChI=1S/C22H18F3N5O4S/c1-13(30-35(32,33)20-9-16-11-26-6-5-18(16)34-20)21(31)29-10-14-4-7-27-17(8-14)15-2-3-19(28-12-15)22(23,24)25/h2-9,11-13,30H,10H2,1H3,(H,29,31)/t13-/m0/s1. The molecule has 35 heavy (non-hydrogen) atoms. The van der Waals surface area contributed by atoms with E-state index in [2.05, 4.69) is 25.0 Å². The monoisotopic (exact) mass is 505 g/mol. The molecule has 0 aliphatic carbocycles. The second-order valence-corrected chi connectivity index (χ2v) is 9.16. The van der Waals surface area contributed by atoms with E-state index in [1.54, 1.807) is 12.1 Å². The number of amides is 1. The van der Waals surface area contributed by atoms with Crippen molar-refractivity contribution >= 4 is 26.9 Å². The first kappa shape index (κ1) is 24.3. The van der Waals surface area contributed by atoms with Gasteiger partial charge >= 0.3 is 6.18 Å². The van der Waals surface area contributed by atoms with Crippen molar-refractivity contribution in [2.45, 2.75) is 30.8 Å². The van der Waals surface area contributed by atoms with Gasteiger partial charge in [0.05, 0.1) is 11.7 Å². The molecule has 4 rings (SSSR count). The van der Waals surface area contributed by atoms with Gasteiger partial charge in [0.1, 0.15) is 11.3 Å². The molecule has 182 valence electrons. The van der Waals surface area contributed by atoms with Crippen molar-refractivity contribution in [3.63, 3.8) is 0 Å². The highest BCUT2D eigenvalue weighted by atomic mass is 32.2. The third-order valence-electron chi connectivity index (χ3n) is 4.92. The maximum absolute atomic E-state index is 12.7. The normalized spacial score (nSPS) is 13.0. The third kappa shape index (κ3) is 5.63. The SMILES string of the molecule is C[C@H](NS(=O)(=O)c1cc2cnccc2o1)C(=O)NCc1ccnc(-c2ccc(C(F)(F)F)nc2)c1. The van der Waals surface area contributed by atoms with Gasteiger partial charge in [0.2, 0.25) is 11.0 Å². The second-order valence-electron chi connectivity index (χ2n) is 7.52. The molecule has 2 N–H and O–H groups in total. The highest BCUT2D eigenvalue weighted by Gasteiger charge is 2.32. The Bertz CT molecular complexity index is 1440. The molecule has 13 heteroatoms. The van der Waals surface area contributed by atoms with Crippen LogP contribution in [0.3, 0.4) is 0 Å². The Morgan fingerprint density at radius 1 is 1.09 bits per heavy atom. The number of pyridine rings is 3. The van der Waals surface area contributed by atoms with Gasteiger partial charge in [-0.3, -0.25) is 19.7 Å². The Labute approximate surface area is 197 Å². The summed E-state index contributed by atoms with van der Waals surface area (Å²) < 4.78 is 70.9. The van der Waals surface area contributed by atoms with Crippen molar-refractivity contribution in [1.29, 1.82) is 0 Å². The number of carbonyl (C=O) groups excluding carboxylic acids is 1. The number of furan rings is 1. The molecule has 1 atom stereocenters. The van der Waals surface area contributed by atoms with Gasteiger partial charge in [-0.1, -0.05) is 0 Å². The van der Waals surface area contributed by atoms with Crippen molar-refractivity contribution < 1.29 is 30.8 Å². The van der Waals surface area contributed by atoms with E-state index in [4.69, 9.17) is 4.42 Å². The first-order valence-electron chi connectivity index (χ1n) is 10.1. The van der Waals surface area contributed by atoms with Crippen LogP contribution in [-0.4, -0.2) is 35.3 Å². The molecule has 4 aromatic heterocycles. The fourth-order valence-corrected chi connectivity index (χ4v) is 4.30. The zero-order chi connectivity index (χ0) is 25.2. The summed E-state index contributed by atoms with van der Waals surface area (Å²) in [4.78, 5) is 23.9. The Morgan fingerprint density at radius 3 is 2.57 bits per heavy atom. The molecule has 9 nitrogen and oxygen atoms in total. The lowest BCUT2D eigenvalue weighted by molar-refractivity contribution is -0.141. The number of alkyl halides is 3. The van der Waals surface area contributed by atoms with Crippen LogP contribution < -0.4 is 10.0 Å². The van der Waals surface area contributed by atoms with E-state index in [9.17, 15) is 26.4 Å². The highest BCUT2D eigenvalue weighted by Crippen LogP contribution is 2.28. The third-order valence-corrected chi connectivity index (χ3v) is 6.32. The molecule has 0 aliphatic rings. The number of fused-ring (bicyclic) bond motifs is 1. The van der Waals surface area contributed by atoms with Crippen molar-refractivity contribution in [2.75, 3.05) is 0 Å². The van der Waals surface area contributed by atoms with E-state index in [1.165, 1.54) is 43.7 Å². The van der Waals surface area contributed by atoms with Gasteiger partial charge in [-0.05, 0) is 42.8 Å². The Hall–Kier alpha value is -3.84. The molecule has 0 spiro atoms. The predicted octanol–water partition coefficient (Wildman–Crippen LogP) is 3.29. The first-order chi connectivity index (χ1) is 16.5. The summed E-state index contributed by atoms with van der Waals surface area (Å²) >= 11 is 0. The summed E-state index contributed by atoms with van der Waals surface area (Å²) in [5.41, 5.74) is 0.664. The number of halogens is 3. The van der Waals surface area contributed by atoms with Gasteiger partial charge < -0.3 is 9.73 Å². The molecule has 0 bridgehead atoms. The largest absolute Gasteiger partial charge is 0.443 e. The van der Waals surface area contributed by atoms with E-state index in [-0.39, 0.29) is 11.6 Å². The van der Waals surface area contributed by atoms with Crippen molar-refractivity contribution in [3.8, 4) is 11.3 Å². The fourth-order valence-electron chi connectivity index (χ4n) is 3.13. The zero-order valence-electron chi connectivity index (χ0n) is 18.1. The summed E-state index contributed by atoms with van der Waals surface area (Å²) in [6.45, 7) is 1.41. The highest BCUT2D eigenvalue weighted by molar-refractivity contribution is 7.89. The summed E-state index contributed by atoms with van der Waals surface area (Å²) in [6.07, 6.45) is 0.884. The van der Waals surface area contributed by atoms with Gasteiger partial charge in [0.15, 0.2) is 0 Å². The average molecular weight is 505 g/mol.